The zero-order chi connectivity index (χ0) is 23.5. The van der Waals surface area contributed by atoms with Gasteiger partial charge in [0.1, 0.15) is 12.0 Å². The number of aromatic nitrogens is 3. The van der Waals surface area contributed by atoms with E-state index in [1.54, 1.807) is 12.3 Å². The van der Waals surface area contributed by atoms with Gasteiger partial charge in [0.15, 0.2) is 5.78 Å². The zero-order valence-corrected chi connectivity index (χ0v) is 19.5. The largest absolute Gasteiger partial charge is 0.432 e. The molecule has 174 valence electrons. The van der Waals surface area contributed by atoms with E-state index in [9.17, 15) is 9.59 Å². The van der Waals surface area contributed by atoms with Gasteiger partial charge in [-0.15, -0.1) is 0 Å². The van der Waals surface area contributed by atoms with Crippen LogP contribution in [0, 0.1) is 5.92 Å². The summed E-state index contributed by atoms with van der Waals surface area (Å²) in [5.74, 6) is 0.381. The van der Waals surface area contributed by atoms with Crippen LogP contribution in [0.5, 0.6) is 0 Å². The number of nitrogens with zero attached hydrogens (tertiary/aromatic N) is 5. The molecule has 9 nitrogen and oxygen atoms in total. The van der Waals surface area contributed by atoms with Crippen LogP contribution in [-0.4, -0.2) is 70.0 Å². The Labute approximate surface area is 197 Å². The normalized spacial score (nSPS) is 14.0. The van der Waals surface area contributed by atoms with Crippen LogP contribution < -0.4 is 5.73 Å². The number of amides is 1. The number of halogens is 1. The van der Waals surface area contributed by atoms with E-state index in [1.807, 2.05) is 46.9 Å². The minimum Gasteiger partial charge on any atom is -0.432 e. The van der Waals surface area contributed by atoms with Crippen molar-refractivity contribution >= 4 is 29.3 Å². The van der Waals surface area contributed by atoms with Crippen LogP contribution in [0.4, 0.5) is 6.01 Å². The molecule has 2 N–H and O–H groups in total. The van der Waals surface area contributed by atoms with Gasteiger partial charge in [0.2, 0.25) is 5.91 Å². The lowest BCUT2D eigenvalue weighted by Gasteiger charge is -2.39. The van der Waals surface area contributed by atoms with Crippen molar-refractivity contribution in [3.05, 3.63) is 53.1 Å². The van der Waals surface area contributed by atoms with E-state index in [1.165, 1.54) is 6.26 Å². The average Bonchev–Trinajstić information content (AvgIpc) is 3.39. The molecule has 3 heterocycles. The number of anilines is 1. The van der Waals surface area contributed by atoms with Crippen LogP contribution in [0.25, 0.3) is 11.1 Å². The van der Waals surface area contributed by atoms with E-state index in [4.69, 9.17) is 21.8 Å². The van der Waals surface area contributed by atoms with Crippen LogP contribution in [0.15, 0.2) is 41.3 Å². The summed E-state index contributed by atoms with van der Waals surface area (Å²) in [7, 11) is 3.94. The molecule has 0 unspecified atom stereocenters. The molecule has 1 saturated heterocycles. The lowest BCUT2D eigenvalue weighted by atomic mass is 9.99. The van der Waals surface area contributed by atoms with E-state index in [2.05, 4.69) is 10.1 Å². The lowest BCUT2D eigenvalue weighted by molar-refractivity contribution is -0.138. The number of Topliss-reactive ketones (excluding diaryl/α,β-unsaturated/α-hetero) is 1. The summed E-state index contributed by atoms with van der Waals surface area (Å²) < 4.78 is 6.82. The molecule has 4 rings (SSSR count). The molecule has 0 bridgehead atoms. The summed E-state index contributed by atoms with van der Waals surface area (Å²) in [4.78, 5) is 32.4. The van der Waals surface area contributed by atoms with E-state index in [-0.39, 0.29) is 29.8 Å². The molecule has 33 heavy (non-hydrogen) atoms. The second-order valence-corrected chi connectivity index (χ2v) is 9.05. The number of oxazole rings is 1. The van der Waals surface area contributed by atoms with Crippen molar-refractivity contribution in [1.29, 1.82) is 0 Å². The van der Waals surface area contributed by atoms with Crippen molar-refractivity contribution in [2.24, 2.45) is 5.92 Å². The lowest BCUT2D eigenvalue weighted by Crippen LogP contribution is -2.51. The van der Waals surface area contributed by atoms with Crippen LogP contribution in [0.3, 0.4) is 0 Å². The Bertz CT molecular complexity index is 1150. The minimum atomic E-state index is -0.222. The van der Waals surface area contributed by atoms with Gasteiger partial charge in [0.25, 0.3) is 6.01 Å². The number of rotatable bonds is 9. The highest BCUT2D eigenvalue weighted by atomic mass is 35.5. The number of benzene rings is 1. The molecule has 0 radical (unpaired) electrons. The fraction of sp³-hybridized carbons (Fsp3) is 0.391. The molecule has 1 aromatic carbocycles. The second kappa shape index (κ2) is 9.76. The highest BCUT2D eigenvalue weighted by Gasteiger charge is 2.30. The van der Waals surface area contributed by atoms with E-state index >= 15 is 0 Å². The SMILES string of the molecule is CN(C)CCC(=O)N1CC(Cn2cc(-c3ccc(Cl)c(CC(=O)c4coc(N)n4)c3)cn2)C1. The smallest absolute Gasteiger partial charge is 0.292 e. The predicted molar refractivity (Wildman–Crippen MR) is 125 cm³/mol. The van der Waals surface area contributed by atoms with Crippen molar-refractivity contribution in [2.45, 2.75) is 19.4 Å². The molecule has 3 aromatic rings. The molecule has 10 heteroatoms. The fourth-order valence-electron chi connectivity index (χ4n) is 3.81. The van der Waals surface area contributed by atoms with Crippen LogP contribution in [0.2, 0.25) is 5.02 Å². The number of hydrogen-bond donors (Lipinski definition) is 1. The monoisotopic (exact) mass is 470 g/mol. The van der Waals surface area contributed by atoms with Gasteiger partial charge in [0.05, 0.1) is 6.20 Å². The molecular formula is C23H27ClN6O3. The van der Waals surface area contributed by atoms with Gasteiger partial charge < -0.3 is 20.0 Å². The Hall–Kier alpha value is -3.17. The summed E-state index contributed by atoms with van der Waals surface area (Å²) in [6.45, 7) is 3.05. The molecular weight excluding hydrogens is 444 g/mol. The number of carbonyl (C=O) groups is 2. The third-order valence-corrected chi connectivity index (χ3v) is 6.07. The van der Waals surface area contributed by atoms with Gasteiger partial charge >= 0.3 is 0 Å². The first kappa shape index (κ1) is 23.0. The first-order valence-electron chi connectivity index (χ1n) is 10.8. The first-order valence-corrected chi connectivity index (χ1v) is 11.1. The molecule has 1 amide bonds. The summed E-state index contributed by atoms with van der Waals surface area (Å²) >= 11 is 6.32. The van der Waals surface area contributed by atoms with Crippen LogP contribution >= 0.6 is 11.6 Å². The molecule has 0 spiro atoms. The van der Waals surface area contributed by atoms with Crippen molar-refractivity contribution in [3.8, 4) is 11.1 Å². The van der Waals surface area contributed by atoms with Crippen molar-refractivity contribution in [1.82, 2.24) is 24.6 Å². The van der Waals surface area contributed by atoms with Gasteiger partial charge in [-0.3, -0.25) is 14.3 Å². The maximum absolute atomic E-state index is 12.5. The zero-order valence-electron chi connectivity index (χ0n) is 18.7. The Balaban J connectivity index is 1.35. The maximum atomic E-state index is 12.5. The number of ketones is 1. The van der Waals surface area contributed by atoms with E-state index < -0.39 is 0 Å². The minimum absolute atomic E-state index is 0.0434. The van der Waals surface area contributed by atoms with Gasteiger partial charge in [0, 0.05) is 61.7 Å². The third-order valence-electron chi connectivity index (χ3n) is 5.70. The van der Waals surface area contributed by atoms with Crippen molar-refractivity contribution in [2.75, 3.05) is 39.5 Å². The van der Waals surface area contributed by atoms with Gasteiger partial charge in [-0.05, 0) is 37.4 Å². The molecule has 0 aliphatic carbocycles. The fourth-order valence-corrected chi connectivity index (χ4v) is 4.00. The maximum Gasteiger partial charge on any atom is 0.292 e. The first-order chi connectivity index (χ1) is 15.8. The molecule has 2 aromatic heterocycles. The number of nitrogen functional groups attached to an aromatic ring is 1. The molecule has 1 aliphatic heterocycles. The predicted octanol–water partition coefficient (Wildman–Crippen LogP) is 2.61. The van der Waals surface area contributed by atoms with Gasteiger partial charge in [-0.25, -0.2) is 0 Å². The van der Waals surface area contributed by atoms with Gasteiger partial charge in [-0.2, -0.15) is 10.1 Å². The Kier molecular flexibility index (Phi) is 6.80. The number of likely N-dealkylation sites (tertiary alicyclic amines) is 1. The van der Waals surface area contributed by atoms with Crippen LogP contribution in [0.1, 0.15) is 22.5 Å². The Morgan fingerprint density at radius 2 is 2.06 bits per heavy atom. The van der Waals surface area contributed by atoms with Gasteiger partial charge in [-0.1, -0.05) is 17.7 Å². The summed E-state index contributed by atoms with van der Waals surface area (Å²) in [5.41, 5.74) is 8.18. The quantitative estimate of drug-likeness (QED) is 0.478. The molecule has 1 aliphatic rings. The molecule has 0 atom stereocenters. The number of hydrogen-bond acceptors (Lipinski definition) is 7. The van der Waals surface area contributed by atoms with Crippen LogP contribution in [-0.2, 0) is 17.8 Å². The second-order valence-electron chi connectivity index (χ2n) is 8.65. The van der Waals surface area contributed by atoms with Crippen molar-refractivity contribution < 1.29 is 14.0 Å². The summed E-state index contributed by atoms with van der Waals surface area (Å²) in [6, 6.07) is 5.52. The number of carbonyl (C=O) groups excluding carboxylic acids is 2. The van der Waals surface area contributed by atoms with E-state index in [0.717, 1.165) is 37.3 Å². The third kappa shape index (κ3) is 5.61. The average molecular weight is 471 g/mol. The Morgan fingerprint density at radius 3 is 2.76 bits per heavy atom. The standard InChI is InChI=1S/C23H27ClN6O3/c1-28(2)6-5-22(32)29-10-15(11-29)12-30-13-18(9-26-30)16-3-4-19(24)17(7-16)8-21(31)20-14-33-23(25)27-20/h3-4,7,9,13-15H,5-6,8,10-12H2,1-2H3,(H2,25,27). The topological polar surface area (TPSA) is 110 Å². The Morgan fingerprint density at radius 1 is 1.27 bits per heavy atom. The summed E-state index contributed by atoms with van der Waals surface area (Å²) in [5, 5.41) is 4.98. The highest BCUT2D eigenvalue weighted by molar-refractivity contribution is 6.31. The molecule has 1 fully saturated rings. The number of nitrogens with two attached hydrogens (primary N) is 1. The van der Waals surface area contributed by atoms with E-state index in [0.29, 0.717) is 22.9 Å². The summed E-state index contributed by atoms with van der Waals surface area (Å²) in [6.07, 6.45) is 5.66. The highest BCUT2D eigenvalue weighted by Crippen LogP contribution is 2.27. The van der Waals surface area contributed by atoms with Crippen molar-refractivity contribution in [3.63, 3.8) is 0 Å². The molecule has 0 saturated carbocycles.